The molecule has 2 amide bonds. The molecule has 1 aromatic carbocycles. The van der Waals surface area contributed by atoms with E-state index in [0.717, 1.165) is 17.9 Å². The molecule has 0 N–H and O–H groups in total. The van der Waals surface area contributed by atoms with Crippen molar-refractivity contribution in [2.24, 2.45) is 5.92 Å². The Morgan fingerprint density at radius 3 is 2.80 bits per heavy atom. The lowest BCUT2D eigenvalue weighted by Crippen LogP contribution is -2.47. The minimum absolute atomic E-state index is 0.0542. The van der Waals surface area contributed by atoms with Gasteiger partial charge in [-0.15, -0.1) is 0 Å². The summed E-state index contributed by atoms with van der Waals surface area (Å²) >= 11 is 0. The van der Waals surface area contributed by atoms with E-state index in [9.17, 15) is 9.59 Å². The van der Waals surface area contributed by atoms with Crippen LogP contribution < -0.4 is 9.47 Å². The summed E-state index contributed by atoms with van der Waals surface area (Å²) in [4.78, 5) is 29.0. The van der Waals surface area contributed by atoms with Crippen molar-refractivity contribution in [1.82, 2.24) is 9.80 Å². The van der Waals surface area contributed by atoms with Crippen molar-refractivity contribution in [2.45, 2.75) is 45.2 Å². The molecule has 0 radical (unpaired) electrons. The van der Waals surface area contributed by atoms with Crippen LogP contribution in [0.2, 0.25) is 0 Å². The molecular formula is C19H24N2O4. The molecule has 4 rings (SSSR count). The van der Waals surface area contributed by atoms with Crippen LogP contribution in [0.25, 0.3) is 0 Å². The van der Waals surface area contributed by atoms with E-state index in [2.05, 4.69) is 0 Å². The first-order chi connectivity index (χ1) is 12.2. The topological polar surface area (TPSA) is 59.1 Å². The third-order valence-corrected chi connectivity index (χ3v) is 5.27. The van der Waals surface area contributed by atoms with Crippen molar-refractivity contribution >= 4 is 11.8 Å². The molecule has 1 aromatic rings. The van der Waals surface area contributed by atoms with Gasteiger partial charge in [0, 0.05) is 26.1 Å². The van der Waals surface area contributed by atoms with Crippen LogP contribution in [0.15, 0.2) is 18.2 Å². The summed E-state index contributed by atoms with van der Waals surface area (Å²) in [6, 6.07) is 5.36. The van der Waals surface area contributed by atoms with Crippen molar-refractivity contribution in [1.29, 1.82) is 0 Å². The number of fused-ring (bicyclic) bond motifs is 1. The number of carbonyl (C=O) groups is 2. The first kappa shape index (κ1) is 16.2. The Hall–Kier alpha value is -2.24. The summed E-state index contributed by atoms with van der Waals surface area (Å²) in [5.74, 6) is 2.24. The second-order valence-electron chi connectivity index (χ2n) is 7.08. The number of hydrogen-bond acceptors (Lipinski definition) is 4. The third-order valence-electron chi connectivity index (χ3n) is 5.27. The summed E-state index contributed by atoms with van der Waals surface area (Å²) in [6.07, 6.45) is 3.49. The average molecular weight is 344 g/mol. The van der Waals surface area contributed by atoms with Crippen molar-refractivity contribution in [3.63, 3.8) is 0 Å². The second-order valence-corrected chi connectivity index (χ2v) is 7.08. The van der Waals surface area contributed by atoms with Crippen LogP contribution in [0.3, 0.4) is 0 Å². The van der Waals surface area contributed by atoms with Crippen LogP contribution in [0, 0.1) is 5.92 Å². The summed E-state index contributed by atoms with van der Waals surface area (Å²) in [6.45, 7) is 4.22. The highest BCUT2D eigenvalue weighted by molar-refractivity contribution is 5.91. The lowest BCUT2D eigenvalue weighted by molar-refractivity contribution is -0.141. The zero-order chi connectivity index (χ0) is 17.4. The van der Waals surface area contributed by atoms with Gasteiger partial charge in [-0.3, -0.25) is 9.59 Å². The van der Waals surface area contributed by atoms with E-state index in [1.165, 1.54) is 12.8 Å². The standard InChI is InChI=1S/C19H24N2O4/c1-2-20(10-13-3-4-13)19(23)15-6-8-18(22)21(15)11-14-5-7-16-17(9-14)25-12-24-16/h5,7,9,13,15H,2-4,6,8,10-12H2,1H3. The minimum Gasteiger partial charge on any atom is -0.454 e. The van der Waals surface area contributed by atoms with E-state index in [0.29, 0.717) is 37.6 Å². The number of likely N-dealkylation sites (tertiary alicyclic amines) is 1. The Balaban J connectivity index is 1.48. The number of nitrogens with zero attached hydrogens (tertiary/aromatic N) is 2. The number of ether oxygens (including phenoxy) is 2. The van der Waals surface area contributed by atoms with Gasteiger partial charge in [0.1, 0.15) is 6.04 Å². The lowest BCUT2D eigenvalue weighted by Gasteiger charge is -2.30. The highest BCUT2D eigenvalue weighted by atomic mass is 16.7. The van der Waals surface area contributed by atoms with Gasteiger partial charge in [0.2, 0.25) is 18.6 Å². The van der Waals surface area contributed by atoms with Gasteiger partial charge in [-0.1, -0.05) is 6.07 Å². The molecule has 1 saturated heterocycles. The first-order valence-electron chi connectivity index (χ1n) is 9.12. The molecule has 2 heterocycles. The van der Waals surface area contributed by atoms with Crippen LogP contribution in [-0.2, 0) is 16.1 Å². The maximum Gasteiger partial charge on any atom is 0.245 e. The number of hydrogen-bond donors (Lipinski definition) is 0. The van der Waals surface area contributed by atoms with Crippen LogP contribution in [0.4, 0.5) is 0 Å². The van der Waals surface area contributed by atoms with E-state index >= 15 is 0 Å². The molecule has 0 aromatic heterocycles. The Morgan fingerprint density at radius 2 is 2.04 bits per heavy atom. The van der Waals surface area contributed by atoms with E-state index in [1.807, 2.05) is 30.0 Å². The van der Waals surface area contributed by atoms with E-state index in [4.69, 9.17) is 9.47 Å². The molecule has 1 saturated carbocycles. The molecule has 1 atom stereocenters. The molecule has 134 valence electrons. The number of amides is 2. The van der Waals surface area contributed by atoms with E-state index in [1.54, 1.807) is 4.90 Å². The van der Waals surface area contributed by atoms with Gasteiger partial charge < -0.3 is 19.3 Å². The fraction of sp³-hybridized carbons (Fsp3) is 0.579. The van der Waals surface area contributed by atoms with Gasteiger partial charge in [0.25, 0.3) is 0 Å². The Labute approximate surface area is 147 Å². The van der Waals surface area contributed by atoms with Gasteiger partial charge >= 0.3 is 0 Å². The van der Waals surface area contributed by atoms with Gasteiger partial charge in [-0.05, 0) is 49.8 Å². The molecule has 0 bridgehead atoms. The van der Waals surface area contributed by atoms with Crippen molar-refractivity contribution < 1.29 is 19.1 Å². The molecule has 1 aliphatic carbocycles. The molecule has 1 unspecified atom stereocenters. The van der Waals surface area contributed by atoms with Crippen LogP contribution >= 0.6 is 0 Å². The molecule has 6 nitrogen and oxygen atoms in total. The molecule has 25 heavy (non-hydrogen) atoms. The number of carbonyl (C=O) groups excluding carboxylic acids is 2. The molecule has 3 aliphatic rings. The Bertz CT molecular complexity index is 686. The summed E-state index contributed by atoms with van der Waals surface area (Å²) in [5, 5.41) is 0. The van der Waals surface area contributed by atoms with Crippen molar-refractivity contribution in [3.8, 4) is 11.5 Å². The first-order valence-corrected chi connectivity index (χ1v) is 9.12. The van der Waals surface area contributed by atoms with Gasteiger partial charge in [-0.25, -0.2) is 0 Å². The number of likely N-dealkylation sites (N-methyl/N-ethyl adjacent to an activating group) is 1. The number of rotatable bonds is 6. The largest absolute Gasteiger partial charge is 0.454 e. The maximum absolute atomic E-state index is 13.0. The van der Waals surface area contributed by atoms with Crippen LogP contribution in [0.5, 0.6) is 11.5 Å². The predicted molar refractivity (Wildman–Crippen MR) is 91.1 cm³/mol. The van der Waals surface area contributed by atoms with E-state index in [-0.39, 0.29) is 24.6 Å². The monoisotopic (exact) mass is 344 g/mol. The van der Waals surface area contributed by atoms with Crippen LogP contribution in [0.1, 0.15) is 38.2 Å². The average Bonchev–Trinajstić information content (AvgIpc) is 3.20. The molecule has 2 aliphatic heterocycles. The normalized spacial score (nSPS) is 21.7. The highest BCUT2D eigenvalue weighted by Crippen LogP contribution is 2.34. The summed E-state index contributed by atoms with van der Waals surface area (Å²) < 4.78 is 10.7. The zero-order valence-electron chi connectivity index (χ0n) is 14.6. The smallest absolute Gasteiger partial charge is 0.245 e. The highest BCUT2D eigenvalue weighted by Gasteiger charge is 2.39. The Morgan fingerprint density at radius 1 is 1.24 bits per heavy atom. The predicted octanol–water partition coefficient (Wildman–Crippen LogP) is 2.16. The van der Waals surface area contributed by atoms with Gasteiger partial charge in [-0.2, -0.15) is 0 Å². The Kier molecular flexibility index (Phi) is 4.27. The summed E-state index contributed by atoms with van der Waals surface area (Å²) in [5.41, 5.74) is 0.961. The fourth-order valence-corrected chi connectivity index (χ4v) is 3.62. The third kappa shape index (κ3) is 3.30. The van der Waals surface area contributed by atoms with Gasteiger partial charge in [0.05, 0.1) is 0 Å². The van der Waals surface area contributed by atoms with Gasteiger partial charge in [0.15, 0.2) is 11.5 Å². The molecular weight excluding hydrogens is 320 g/mol. The molecule has 2 fully saturated rings. The fourth-order valence-electron chi connectivity index (χ4n) is 3.62. The molecule has 0 spiro atoms. The lowest BCUT2D eigenvalue weighted by atomic mass is 10.1. The SMILES string of the molecule is CCN(CC1CC1)C(=O)C1CCC(=O)N1Cc1ccc2c(c1)OCO2. The molecule has 6 heteroatoms. The summed E-state index contributed by atoms with van der Waals surface area (Å²) in [7, 11) is 0. The number of benzene rings is 1. The maximum atomic E-state index is 13.0. The van der Waals surface area contributed by atoms with Crippen molar-refractivity contribution in [2.75, 3.05) is 19.9 Å². The van der Waals surface area contributed by atoms with Crippen molar-refractivity contribution in [3.05, 3.63) is 23.8 Å². The quantitative estimate of drug-likeness (QED) is 0.793. The van der Waals surface area contributed by atoms with Crippen LogP contribution in [-0.4, -0.2) is 47.5 Å². The zero-order valence-corrected chi connectivity index (χ0v) is 14.6. The van der Waals surface area contributed by atoms with E-state index < -0.39 is 0 Å². The minimum atomic E-state index is -0.336. The second kappa shape index (κ2) is 6.58.